The average molecular weight is 308 g/mol. The number of nitrogens with zero attached hydrogens (tertiary/aromatic N) is 1. The molecule has 1 fully saturated rings. The van der Waals surface area contributed by atoms with E-state index < -0.39 is 0 Å². The molecule has 1 aliphatic rings. The molecule has 1 heterocycles. The summed E-state index contributed by atoms with van der Waals surface area (Å²) >= 11 is 3.39. The SMILES string of the molecule is CC(C)(C)OCCN1CCC(OCCBr)CC1. The van der Waals surface area contributed by atoms with Crippen molar-refractivity contribution >= 4 is 15.9 Å². The lowest BCUT2D eigenvalue weighted by Gasteiger charge is -2.32. The molecule has 0 unspecified atom stereocenters. The van der Waals surface area contributed by atoms with E-state index in [0.717, 1.165) is 51.0 Å². The maximum Gasteiger partial charge on any atom is 0.0600 e. The van der Waals surface area contributed by atoms with E-state index in [9.17, 15) is 0 Å². The van der Waals surface area contributed by atoms with Gasteiger partial charge in [0.25, 0.3) is 0 Å². The van der Waals surface area contributed by atoms with Crippen molar-refractivity contribution in [3.63, 3.8) is 0 Å². The molecule has 0 aromatic heterocycles. The zero-order valence-electron chi connectivity index (χ0n) is 11.4. The molecule has 0 atom stereocenters. The zero-order valence-corrected chi connectivity index (χ0v) is 13.0. The van der Waals surface area contributed by atoms with Gasteiger partial charge in [-0.1, -0.05) is 15.9 Å². The van der Waals surface area contributed by atoms with Gasteiger partial charge in [0.2, 0.25) is 0 Å². The van der Waals surface area contributed by atoms with Gasteiger partial charge in [-0.2, -0.15) is 0 Å². The van der Waals surface area contributed by atoms with Crippen molar-refractivity contribution in [3.8, 4) is 0 Å². The first-order valence-corrected chi connectivity index (χ1v) is 7.67. The van der Waals surface area contributed by atoms with E-state index in [4.69, 9.17) is 9.47 Å². The number of halogens is 1. The minimum Gasteiger partial charge on any atom is -0.377 e. The molecule has 0 aliphatic carbocycles. The fourth-order valence-corrected chi connectivity index (χ4v) is 2.18. The van der Waals surface area contributed by atoms with Crippen LogP contribution in [0.4, 0.5) is 0 Å². The minimum atomic E-state index is -0.0166. The van der Waals surface area contributed by atoms with Crippen molar-refractivity contribution in [2.24, 2.45) is 0 Å². The number of rotatable bonds is 6. The number of ether oxygens (including phenoxy) is 2. The van der Waals surface area contributed by atoms with Crippen LogP contribution in [0.5, 0.6) is 0 Å². The van der Waals surface area contributed by atoms with Gasteiger partial charge in [-0.05, 0) is 33.6 Å². The molecule has 0 N–H and O–H groups in total. The van der Waals surface area contributed by atoms with E-state index in [1.807, 2.05) is 0 Å². The number of hydrogen-bond acceptors (Lipinski definition) is 3. The molecule has 0 radical (unpaired) electrons. The second-order valence-corrected chi connectivity index (χ2v) is 6.35. The van der Waals surface area contributed by atoms with Crippen molar-refractivity contribution < 1.29 is 9.47 Å². The highest BCUT2D eigenvalue weighted by Gasteiger charge is 2.19. The van der Waals surface area contributed by atoms with Crippen molar-refractivity contribution in [3.05, 3.63) is 0 Å². The number of likely N-dealkylation sites (tertiary alicyclic amines) is 1. The summed E-state index contributed by atoms with van der Waals surface area (Å²) in [5.41, 5.74) is -0.0166. The van der Waals surface area contributed by atoms with E-state index in [2.05, 4.69) is 41.6 Å². The van der Waals surface area contributed by atoms with Crippen LogP contribution < -0.4 is 0 Å². The van der Waals surface area contributed by atoms with Gasteiger partial charge in [0.05, 0.1) is 24.9 Å². The minimum absolute atomic E-state index is 0.0166. The van der Waals surface area contributed by atoms with E-state index >= 15 is 0 Å². The highest BCUT2D eigenvalue weighted by molar-refractivity contribution is 9.09. The molecular weight excluding hydrogens is 282 g/mol. The molecule has 17 heavy (non-hydrogen) atoms. The number of piperidine rings is 1. The number of alkyl halides is 1. The lowest BCUT2D eigenvalue weighted by Crippen LogP contribution is -2.39. The van der Waals surface area contributed by atoms with Crippen LogP contribution in [0.15, 0.2) is 0 Å². The fourth-order valence-electron chi connectivity index (χ4n) is 1.99. The summed E-state index contributed by atoms with van der Waals surface area (Å²) in [5.74, 6) is 0. The van der Waals surface area contributed by atoms with E-state index in [1.54, 1.807) is 0 Å². The predicted molar refractivity (Wildman–Crippen MR) is 74.9 cm³/mol. The molecule has 0 aromatic carbocycles. The Morgan fingerprint density at radius 3 is 2.35 bits per heavy atom. The first-order chi connectivity index (χ1) is 8.01. The molecule has 0 aromatic rings. The maximum absolute atomic E-state index is 5.74. The van der Waals surface area contributed by atoms with Crippen LogP contribution in [0.25, 0.3) is 0 Å². The monoisotopic (exact) mass is 307 g/mol. The van der Waals surface area contributed by atoms with Gasteiger partial charge in [0.1, 0.15) is 0 Å². The molecule has 3 nitrogen and oxygen atoms in total. The Morgan fingerprint density at radius 2 is 1.82 bits per heavy atom. The van der Waals surface area contributed by atoms with E-state index in [1.165, 1.54) is 0 Å². The summed E-state index contributed by atoms with van der Waals surface area (Å²) in [4.78, 5) is 2.47. The topological polar surface area (TPSA) is 21.7 Å². The standard InChI is InChI=1S/C13H26BrNO2/c1-13(2,3)17-11-9-15-7-4-12(5-8-15)16-10-6-14/h12H,4-11H2,1-3H3. The van der Waals surface area contributed by atoms with Crippen molar-refractivity contribution in [2.75, 3.05) is 38.2 Å². The summed E-state index contributed by atoms with van der Waals surface area (Å²) in [6, 6.07) is 0. The van der Waals surface area contributed by atoms with E-state index in [0.29, 0.717) is 6.10 Å². The zero-order chi connectivity index (χ0) is 12.7. The van der Waals surface area contributed by atoms with Crippen molar-refractivity contribution in [2.45, 2.75) is 45.3 Å². The van der Waals surface area contributed by atoms with Crippen molar-refractivity contribution in [1.82, 2.24) is 4.90 Å². The van der Waals surface area contributed by atoms with Crippen LogP contribution in [0.1, 0.15) is 33.6 Å². The first-order valence-electron chi connectivity index (χ1n) is 6.55. The van der Waals surface area contributed by atoms with Crippen LogP contribution in [-0.4, -0.2) is 54.8 Å². The largest absolute Gasteiger partial charge is 0.377 e. The molecular formula is C13H26BrNO2. The lowest BCUT2D eigenvalue weighted by molar-refractivity contribution is -0.0268. The van der Waals surface area contributed by atoms with Crippen LogP contribution in [0.2, 0.25) is 0 Å². The molecule has 0 saturated carbocycles. The third-order valence-electron chi connectivity index (χ3n) is 2.91. The Bertz CT molecular complexity index is 198. The summed E-state index contributed by atoms with van der Waals surface area (Å²) < 4.78 is 11.5. The van der Waals surface area contributed by atoms with Gasteiger partial charge < -0.3 is 14.4 Å². The Labute approximate surface area is 114 Å². The van der Waals surface area contributed by atoms with Crippen LogP contribution in [0, 0.1) is 0 Å². The second kappa shape index (κ2) is 7.72. The Hall–Kier alpha value is 0.360. The Balaban J connectivity index is 2.07. The summed E-state index contributed by atoms with van der Waals surface area (Å²) in [7, 11) is 0. The second-order valence-electron chi connectivity index (χ2n) is 5.56. The molecule has 0 bridgehead atoms. The Kier molecular flexibility index (Phi) is 7.00. The van der Waals surface area contributed by atoms with Crippen molar-refractivity contribution in [1.29, 1.82) is 0 Å². The molecule has 1 saturated heterocycles. The molecule has 1 rings (SSSR count). The molecule has 0 spiro atoms. The van der Waals surface area contributed by atoms with Crippen LogP contribution >= 0.6 is 15.9 Å². The Morgan fingerprint density at radius 1 is 1.18 bits per heavy atom. The van der Waals surface area contributed by atoms with Gasteiger partial charge in [-0.15, -0.1) is 0 Å². The predicted octanol–water partition coefficient (Wildman–Crippen LogP) is 2.68. The molecule has 1 aliphatic heterocycles. The van der Waals surface area contributed by atoms with Crippen LogP contribution in [-0.2, 0) is 9.47 Å². The van der Waals surface area contributed by atoms with Crippen LogP contribution in [0.3, 0.4) is 0 Å². The summed E-state index contributed by atoms with van der Waals surface area (Å²) in [6.45, 7) is 11.3. The smallest absolute Gasteiger partial charge is 0.0600 e. The maximum atomic E-state index is 5.74. The third-order valence-corrected chi connectivity index (χ3v) is 3.23. The summed E-state index contributed by atoms with van der Waals surface area (Å²) in [6.07, 6.45) is 2.78. The molecule has 102 valence electrons. The van der Waals surface area contributed by atoms with E-state index in [-0.39, 0.29) is 5.60 Å². The first kappa shape index (κ1) is 15.4. The van der Waals surface area contributed by atoms with Gasteiger partial charge in [-0.25, -0.2) is 0 Å². The van der Waals surface area contributed by atoms with Gasteiger partial charge in [0, 0.05) is 25.0 Å². The highest BCUT2D eigenvalue weighted by atomic mass is 79.9. The average Bonchev–Trinajstić information content (AvgIpc) is 2.26. The highest BCUT2D eigenvalue weighted by Crippen LogP contribution is 2.14. The lowest BCUT2D eigenvalue weighted by atomic mass is 10.1. The molecule has 4 heteroatoms. The summed E-state index contributed by atoms with van der Waals surface area (Å²) in [5, 5.41) is 0.937. The van der Waals surface area contributed by atoms with Gasteiger partial charge in [0.15, 0.2) is 0 Å². The number of hydrogen-bond donors (Lipinski definition) is 0. The molecule has 0 amide bonds. The normalized spacial score (nSPS) is 19.8. The van der Waals surface area contributed by atoms with Gasteiger partial charge in [-0.3, -0.25) is 0 Å². The third kappa shape index (κ3) is 7.39. The quantitative estimate of drug-likeness (QED) is 0.704. The van der Waals surface area contributed by atoms with Gasteiger partial charge >= 0.3 is 0 Å². The fraction of sp³-hybridized carbons (Fsp3) is 1.00.